The quantitative estimate of drug-likeness (QED) is 0.577. The van der Waals surface area contributed by atoms with Crippen molar-refractivity contribution in [2.75, 3.05) is 0 Å². The first-order valence-electron chi connectivity index (χ1n) is 5.79. The van der Waals surface area contributed by atoms with Gasteiger partial charge in [-0.3, -0.25) is 4.79 Å². The number of carbonyl (C=O) groups is 2. The topological polar surface area (TPSA) is 92.4 Å². The van der Waals surface area contributed by atoms with Crippen LogP contribution in [0.15, 0.2) is 0 Å². The predicted octanol–water partition coefficient (Wildman–Crippen LogP) is 0.873. The molecule has 0 radical (unpaired) electrons. The van der Waals surface area contributed by atoms with Gasteiger partial charge in [-0.25, -0.2) is 4.79 Å². The highest BCUT2D eigenvalue weighted by atomic mass is 16.4. The Hall–Kier alpha value is -1.10. The first-order valence-corrected chi connectivity index (χ1v) is 5.79. The third-order valence-electron chi connectivity index (χ3n) is 2.32. The van der Waals surface area contributed by atoms with E-state index in [4.69, 9.17) is 10.8 Å². The molecule has 94 valence electrons. The molecule has 0 saturated carbocycles. The number of rotatable bonds is 8. The van der Waals surface area contributed by atoms with Gasteiger partial charge in [0.25, 0.3) is 0 Å². The molecule has 5 heteroatoms. The molecule has 2 atom stereocenters. The van der Waals surface area contributed by atoms with Crippen LogP contribution in [0.5, 0.6) is 0 Å². The van der Waals surface area contributed by atoms with Gasteiger partial charge in [-0.15, -0.1) is 0 Å². The molecule has 4 N–H and O–H groups in total. The van der Waals surface area contributed by atoms with Crippen molar-refractivity contribution >= 4 is 11.9 Å². The lowest BCUT2D eigenvalue weighted by Crippen LogP contribution is -2.42. The molecule has 0 aromatic rings. The van der Waals surface area contributed by atoms with Gasteiger partial charge in [0, 0.05) is 12.5 Å². The van der Waals surface area contributed by atoms with Gasteiger partial charge in [-0.05, 0) is 12.8 Å². The average Bonchev–Trinajstić information content (AvgIpc) is 2.16. The summed E-state index contributed by atoms with van der Waals surface area (Å²) in [6.45, 7) is 3.87. The summed E-state index contributed by atoms with van der Waals surface area (Å²) < 4.78 is 0. The van der Waals surface area contributed by atoms with Crippen LogP contribution in [0.3, 0.4) is 0 Å². The lowest BCUT2D eigenvalue weighted by molar-refractivity contribution is -0.142. The molecule has 0 heterocycles. The number of carboxylic acid groups (broad SMARTS) is 1. The van der Waals surface area contributed by atoms with Crippen LogP contribution in [-0.2, 0) is 9.59 Å². The van der Waals surface area contributed by atoms with Gasteiger partial charge in [-0.1, -0.05) is 26.7 Å². The van der Waals surface area contributed by atoms with Crippen LogP contribution >= 0.6 is 0 Å². The maximum absolute atomic E-state index is 11.5. The summed E-state index contributed by atoms with van der Waals surface area (Å²) in [5.74, 6) is -1.26. The van der Waals surface area contributed by atoms with E-state index in [9.17, 15) is 9.59 Å². The summed E-state index contributed by atoms with van der Waals surface area (Å²) in [5, 5.41) is 11.3. The van der Waals surface area contributed by atoms with Crippen molar-refractivity contribution in [3.8, 4) is 0 Å². The SMILES string of the molecule is CCCC(N)CC(=O)N[C@H](CCC)C(=O)O. The van der Waals surface area contributed by atoms with Gasteiger partial charge in [0.15, 0.2) is 0 Å². The first kappa shape index (κ1) is 14.9. The number of hydrogen-bond acceptors (Lipinski definition) is 3. The van der Waals surface area contributed by atoms with Crippen molar-refractivity contribution in [1.29, 1.82) is 0 Å². The largest absolute Gasteiger partial charge is 0.480 e. The summed E-state index contributed by atoms with van der Waals surface area (Å²) >= 11 is 0. The van der Waals surface area contributed by atoms with E-state index in [0.717, 1.165) is 19.3 Å². The van der Waals surface area contributed by atoms with E-state index in [1.54, 1.807) is 0 Å². The minimum atomic E-state index is -0.987. The second-order valence-corrected chi connectivity index (χ2v) is 4.00. The smallest absolute Gasteiger partial charge is 0.326 e. The molecule has 16 heavy (non-hydrogen) atoms. The second-order valence-electron chi connectivity index (χ2n) is 4.00. The van der Waals surface area contributed by atoms with Crippen molar-refractivity contribution in [1.82, 2.24) is 5.32 Å². The molecule has 5 nitrogen and oxygen atoms in total. The van der Waals surface area contributed by atoms with Crippen molar-refractivity contribution in [3.05, 3.63) is 0 Å². The fourth-order valence-corrected chi connectivity index (χ4v) is 1.51. The molecule has 0 rings (SSSR count). The molecule has 0 aromatic heterocycles. The zero-order valence-electron chi connectivity index (χ0n) is 10.0. The van der Waals surface area contributed by atoms with E-state index in [-0.39, 0.29) is 18.4 Å². The van der Waals surface area contributed by atoms with Crippen molar-refractivity contribution in [3.63, 3.8) is 0 Å². The van der Waals surface area contributed by atoms with Crippen LogP contribution in [0.2, 0.25) is 0 Å². The summed E-state index contributed by atoms with van der Waals surface area (Å²) in [6, 6.07) is -0.965. The first-order chi connectivity index (χ1) is 7.51. The van der Waals surface area contributed by atoms with Gasteiger partial charge < -0.3 is 16.2 Å². The standard InChI is InChI=1S/C11H22N2O3/c1-3-5-8(12)7-10(14)13-9(6-4-2)11(15)16/h8-9H,3-7,12H2,1-2H3,(H,13,14)(H,15,16)/t8?,9-/m1/s1. The van der Waals surface area contributed by atoms with Gasteiger partial charge in [0.2, 0.25) is 5.91 Å². The average molecular weight is 230 g/mol. The summed E-state index contributed by atoms with van der Waals surface area (Å²) in [4.78, 5) is 22.3. The van der Waals surface area contributed by atoms with Crippen LogP contribution in [0.25, 0.3) is 0 Å². The maximum Gasteiger partial charge on any atom is 0.326 e. The van der Waals surface area contributed by atoms with E-state index in [1.165, 1.54) is 0 Å². The minimum absolute atomic E-state index is 0.180. The fraction of sp³-hybridized carbons (Fsp3) is 0.818. The Kier molecular flexibility index (Phi) is 7.54. The number of hydrogen-bond donors (Lipinski definition) is 3. The Bertz CT molecular complexity index is 231. The molecular formula is C11H22N2O3. The van der Waals surface area contributed by atoms with Crippen molar-refractivity contribution < 1.29 is 14.7 Å². The van der Waals surface area contributed by atoms with E-state index in [2.05, 4.69) is 5.32 Å². The minimum Gasteiger partial charge on any atom is -0.480 e. The highest BCUT2D eigenvalue weighted by Gasteiger charge is 2.19. The second kappa shape index (κ2) is 8.10. The number of amides is 1. The molecule has 0 saturated heterocycles. The van der Waals surface area contributed by atoms with Gasteiger partial charge in [0.1, 0.15) is 6.04 Å². The number of carbonyl (C=O) groups excluding carboxylic acids is 1. The zero-order chi connectivity index (χ0) is 12.6. The normalized spacial score (nSPS) is 14.2. The lowest BCUT2D eigenvalue weighted by Gasteiger charge is -2.15. The molecule has 0 fully saturated rings. The highest BCUT2D eigenvalue weighted by molar-refractivity contribution is 5.83. The van der Waals surface area contributed by atoms with E-state index < -0.39 is 12.0 Å². The molecule has 0 aliphatic heterocycles. The lowest BCUT2D eigenvalue weighted by atomic mass is 10.1. The number of nitrogens with two attached hydrogens (primary N) is 1. The summed E-state index contributed by atoms with van der Waals surface area (Å²) in [5.41, 5.74) is 5.70. The number of carboxylic acids is 1. The molecule has 1 amide bonds. The van der Waals surface area contributed by atoms with Crippen LogP contribution in [-0.4, -0.2) is 29.1 Å². The van der Waals surface area contributed by atoms with Gasteiger partial charge in [-0.2, -0.15) is 0 Å². The Morgan fingerprint density at radius 2 is 1.81 bits per heavy atom. The van der Waals surface area contributed by atoms with E-state index in [1.807, 2.05) is 13.8 Å². The van der Waals surface area contributed by atoms with Gasteiger partial charge in [0.05, 0.1) is 0 Å². The van der Waals surface area contributed by atoms with E-state index >= 15 is 0 Å². The zero-order valence-corrected chi connectivity index (χ0v) is 10.0. The molecule has 0 spiro atoms. The highest BCUT2D eigenvalue weighted by Crippen LogP contribution is 2.01. The Morgan fingerprint density at radius 1 is 1.25 bits per heavy atom. The third kappa shape index (κ3) is 6.40. The van der Waals surface area contributed by atoms with Crippen LogP contribution in [0.1, 0.15) is 46.0 Å². The van der Waals surface area contributed by atoms with Gasteiger partial charge >= 0.3 is 5.97 Å². The molecule has 0 aromatic carbocycles. The van der Waals surface area contributed by atoms with Crippen LogP contribution in [0, 0.1) is 0 Å². The Morgan fingerprint density at radius 3 is 2.25 bits per heavy atom. The molecule has 0 bridgehead atoms. The van der Waals surface area contributed by atoms with E-state index in [0.29, 0.717) is 6.42 Å². The summed E-state index contributed by atoms with van der Waals surface area (Å²) in [6.07, 6.45) is 3.06. The van der Waals surface area contributed by atoms with Crippen LogP contribution in [0.4, 0.5) is 0 Å². The fourth-order valence-electron chi connectivity index (χ4n) is 1.51. The molecule has 0 aliphatic carbocycles. The molecular weight excluding hydrogens is 208 g/mol. The maximum atomic E-state index is 11.5. The monoisotopic (exact) mass is 230 g/mol. The Balaban J connectivity index is 4.04. The Labute approximate surface area is 96.4 Å². The van der Waals surface area contributed by atoms with Crippen molar-refractivity contribution in [2.24, 2.45) is 5.73 Å². The summed E-state index contributed by atoms with van der Waals surface area (Å²) in [7, 11) is 0. The predicted molar refractivity (Wildman–Crippen MR) is 62.0 cm³/mol. The number of aliphatic carboxylic acids is 1. The number of nitrogens with one attached hydrogen (secondary N) is 1. The molecule has 1 unspecified atom stereocenters. The third-order valence-corrected chi connectivity index (χ3v) is 2.32. The molecule has 0 aliphatic rings. The van der Waals surface area contributed by atoms with Crippen LogP contribution < -0.4 is 11.1 Å². The van der Waals surface area contributed by atoms with Crippen molar-refractivity contribution in [2.45, 2.75) is 58.0 Å².